The molecular formula is C60H46N2. The van der Waals surface area contributed by atoms with Gasteiger partial charge in [-0.3, -0.25) is 0 Å². The normalized spacial score (nSPS) is 14.1. The third-order valence-corrected chi connectivity index (χ3v) is 14.0. The van der Waals surface area contributed by atoms with Crippen LogP contribution in [0.1, 0.15) is 49.9 Å². The average Bonchev–Trinajstić information content (AvgIpc) is 3.86. The van der Waals surface area contributed by atoms with Crippen molar-refractivity contribution in [2.75, 3.05) is 4.90 Å². The lowest BCUT2D eigenvalue weighted by atomic mass is 9.82. The van der Waals surface area contributed by atoms with Gasteiger partial charge in [-0.15, -0.1) is 0 Å². The lowest BCUT2D eigenvalue weighted by molar-refractivity contribution is 0.660. The second kappa shape index (κ2) is 13.5. The van der Waals surface area contributed by atoms with Crippen molar-refractivity contribution in [1.29, 1.82) is 0 Å². The van der Waals surface area contributed by atoms with Crippen LogP contribution in [-0.2, 0) is 10.8 Å². The number of rotatable bonds is 6. The molecule has 0 radical (unpaired) electrons. The molecule has 1 heterocycles. The summed E-state index contributed by atoms with van der Waals surface area (Å²) in [6.07, 6.45) is 0. The van der Waals surface area contributed by atoms with Gasteiger partial charge in [0.1, 0.15) is 0 Å². The molecule has 0 aliphatic heterocycles. The van der Waals surface area contributed by atoms with Crippen molar-refractivity contribution in [2.24, 2.45) is 0 Å². The molecule has 62 heavy (non-hydrogen) atoms. The number of anilines is 3. The zero-order valence-corrected chi connectivity index (χ0v) is 35.5. The minimum absolute atomic E-state index is 0.122. The van der Waals surface area contributed by atoms with E-state index in [0.717, 1.165) is 17.1 Å². The maximum Gasteiger partial charge on any atom is 0.0543 e. The topological polar surface area (TPSA) is 8.17 Å². The van der Waals surface area contributed by atoms with Crippen molar-refractivity contribution in [3.05, 3.63) is 229 Å². The van der Waals surface area contributed by atoms with Crippen LogP contribution in [0.25, 0.3) is 72.0 Å². The lowest BCUT2D eigenvalue weighted by Crippen LogP contribution is -2.18. The molecule has 0 saturated carbocycles. The van der Waals surface area contributed by atoms with Crippen LogP contribution in [-0.4, -0.2) is 4.57 Å². The highest BCUT2D eigenvalue weighted by atomic mass is 15.1. The van der Waals surface area contributed by atoms with Crippen molar-refractivity contribution in [2.45, 2.75) is 38.5 Å². The smallest absolute Gasteiger partial charge is 0.0543 e. The molecule has 2 heteroatoms. The Bertz CT molecular complexity index is 3350. The Morgan fingerprint density at radius 1 is 0.339 bits per heavy atom. The lowest BCUT2D eigenvalue weighted by Gasteiger charge is -2.30. The minimum atomic E-state index is -0.228. The summed E-state index contributed by atoms with van der Waals surface area (Å²) in [4.78, 5) is 2.47. The van der Waals surface area contributed by atoms with Crippen LogP contribution in [0.15, 0.2) is 206 Å². The molecule has 0 fully saturated rings. The summed E-state index contributed by atoms with van der Waals surface area (Å²) in [5.41, 5.74) is 22.3. The predicted octanol–water partition coefficient (Wildman–Crippen LogP) is 16.2. The van der Waals surface area contributed by atoms with Crippen molar-refractivity contribution in [3.8, 4) is 50.2 Å². The van der Waals surface area contributed by atoms with E-state index in [9.17, 15) is 0 Å². The summed E-state index contributed by atoms with van der Waals surface area (Å²) in [6, 6.07) is 76.4. The first-order chi connectivity index (χ1) is 30.3. The first-order valence-corrected chi connectivity index (χ1v) is 21.9. The summed E-state index contributed by atoms with van der Waals surface area (Å²) in [6.45, 7) is 9.54. The summed E-state index contributed by atoms with van der Waals surface area (Å²) < 4.78 is 2.48. The van der Waals surface area contributed by atoms with Gasteiger partial charge in [0.2, 0.25) is 0 Å². The zero-order chi connectivity index (χ0) is 41.7. The molecule has 0 atom stereocenters. The van der Waals surface area contributed by atoms with Gasteiger partial charge in [0.05, 0.1) is 16.7 Å². The van der Waals surface area contributed by atoms with Gasteiger partial charge in [0.25, 0.3) is 0 Å². The third-order valence-electron chi connectivity index (χ3n) is 14.0. The first-order valence-electron chi connectivity index (χ1n) is 21.9. The van der Waals surface area contributed by atoms with Crippen LogP contribution >= 0.6 is 0 Å². The third kappa shape index (κ3) is 5.29. The van der Waals surface area contributed by atoms with Gasteiger partial charge < -0.3 is 9.47 Å². The average molecular weight is 795 g/mol. The number of benzene rings is 9. The largest absolute Gasteiger partial charge is 0.310 e. The van der Waals surface area contributed by atoms with Gasteiger partial charge in [0, 0.05) is 44.2 Å². The van der Waals surface area contributed by atoms with Gasteiger partial charge >= 0.3 is 0 Å². The Balaban J connectivity index is 1.03. The quantitative estimate of drug-likeness (QED) is 0.163. The highest BCUT2D eigenvalue weighted by Gasteiger charge is 2.39. The van der Waals surface area contributed by atoms with Crippen LogP contribution in [0.3, 0.4) is 0 Å². The van der Waals surface area contributed by atoms with E-state index < -0.39 is 0 Å². The van der Waals surface area contributed by atoms with E-state index in [0.29, 0.717) is 0 Å². The predicted molar refractivity (Wildman–Crippen MR) is 261 cm³/mol. The van der Waals surface area contributed by atoms with Crippen molar-refractivity contribution < 1.29 is 0 Å². The Hall–Kier alpha value is -7.42. The van der Waals surface area contributed by atoms with E-state index >= 15 is 0 Å². The van der Waals surface area contributed by atoms with Crippen molar-refractivity contribution in [3.63, 3.8) is 0 Å². The molecule has 0 N–H and O–H groups in total. The Morgan fingerprint density at radius 3 is 1.47 bits per heavy atom. The maximum absolute atomic E-state index is 2.48. The van der Waals surface area contributed by atoms with Crippen LogP contribution in [0.5, 0.6) is 0 Å². The number of para-hydroxylation sites is 2. The van der Waals surface area contributed by atoms with Gasteiger partial charge in [-0.1, -0.05) is 179 Å². The molecule has 2 aliphatic rings. The van der Waals surface area contributed by atoms with Crippen molar-refractivity contribution >= 4 is 38.9 Å². The maximum atomic E-state index is 2.48. The van der Waals surface area contributed by atoms with Crippen LogP contribution < -0.4 is 4.90 Å². The number of aromatic nitrogens is 1. The van der Waals surface area contributed by atoms with Crippen LogP contribution in [0, 0.1) is 0 Å². The second-order valence-electron chi connectivity index (χ2n) is 18.1. The fourth-order valence-electron chi connectivity index (χ4n) is 10.9. The van der Waals surface area contributed by atoms with Crippen LogP contribution in [0.2, 0.25) is 0 Å². The minimum Gasteiger partial charge on any atom is -0.310 e. The fourth-order valence-corrected chi connectivity index (χ4v) is 10.9. The van der Waals surface area contributed by atoms with Crippen molar-refractivity contribution in [1.82, 2.24) is 4.57 Å². The number of hydrogen-bond acceptors (Lipinski definition) is 1. The summed E-state index contributed by atoms with van der Waals surface area (Å²) in [5.74, 6) is 0. The molecule has 0 saturated heterocycles. The fraction of sp³-hybridized carbons (Fsp3) is 0.100. The van der Waals surface area contributed by atoms with Gasteiger partial charge in [0.15, 0.2) is 0 Å². The van der Waals surface area contributed by atoms with Gasteiger partial charge in [-0.05, 0) is 116 Å². The molecule has 0 bridgehead atoms. The van der Waals surface area contributed by atoms with E-state index in [1.54, 1.807) is 0 Å². The van der Waals surface area contributed by atoms with Gasteiger partial charge in [-0.2, -0.15) is 0 Å². The first kappa shape index (κ1) is 36.4. The number of nitrogens with zero attached hydrogens (tertiary/aromatic N) is 2. The monoisotopic (exact) mass is 794 g/mol. The molecule has 296 valence electrons. The SMILES string of the molecule is CC1(C)c2ccccc2-c2ccc(N(c3ccc(-c4ccccc4-c4ccccc4)cc3)c3ccc4c(c3)C(C)(C)c3cccc(-n5c6ccccc6c6ccccc65)c3-4)cc21. The Labute approximate surface area is 364 Å². The zero-order valence-electron chi connectivity index (χ0n) is 35.5. The molecule has 9 aromatic carbocycles. The molecule has 10 aromatic rings. The Kier molecular flexibility index (Phi) is 7.96. The highest BCUT2D eigenvalue weighted by molar-refractivity contribution is 6.10. The van der Waals surface area contributed by atoms with E-state index in [1.807, 2.05) is 0 Å². The molecule has 0 spiro atoms. The summed E-state index contributed by atoms with van der Waals surface area (Å²) in [7, 11) is 0. The molecular weight excluding hydrogens is 749 g/mol. The van der Waals surface area contributed by atoms with E-state index in [4.69, 9.17) is 0 Å². The summed E-state index contributed by atoms with van der Waals surface area (Å²) >= 11 is 0. The van der Waals surface area contributed by atoms with E-state index in [-0.39, 0.29) is 10.8 Å². The summed E-state index contributed by atoms with van der Waals surface area (Å²) in [5, 5.41) is 2.55. The number of hydrogen-bond donors (Lipinski definition) is 0. The molecule has 0 amide bonds. The molecule has 12 rings (SSSR count). The van der Waals surface area contributed by atoms with E-state index in [1.165, 1.54) is 94.3 Å². The molecule has 2 aliphatic carbocycles. The second-order valence-corrected chi connectivity index (χ2v) is 18.1. The highest BCUT2D eigenvalue weighted by Crippen LogP contribution is 2.55. The Morgan fingerprint density at radius 2 is 0.806 bits per heavy atom. The molecule has 0 unspecified atom stereocenters. The molecule has 2 nitrogen and oxygen atoms in total. The standard InChI is InChI=1S/C60H46N2/c1-59(2)51-24-13-10-21-46(51)47-35-33-42(37-53(47)59)61(41-31-29-40(30-32-41)45-20-9-8-19-44(45)39-17-6-5-7-18-39)43-34-36-50-54(38-43)60(3,4)52-25-16-28-57(58(50)52)62-55-26-14-11-22-48(55)49-23-12-15-27-56(49)62/h5-38H,1-4H3. The number of fused-ring (bicyclic) bond motifs is 9. The van der Waals surface area contributed by atoms with Gasteiger partial charge in [-0.25, -0.2) is 0 Å². The van der Waals surface area contributed by atoms with Crippen LogP contribution in [0.4, 0.5) is 17.1 Å². The van der Waals surface area contributed by atoms with E-state index in [2.05, 4.69) is 243 Å². The molecule has 1 aromatic heterocycles.